The highest BCUT2D eigenvalue weighted by Crippen LogP contribution is 2.18. The lowest BCUT2D eigenvalue weighted by Gasteiger charge is -1.99. The summed E-state index contributed by atoms with van der Waals surface area (Å²) in [5.41, 5.74) is 2.19. The monoisotopic (exact) mass is 219 g/mol. The fourth-order valence-electron chi connectivity index (χ4n) is 1.71. The number of carbonyl (C=O) groups is 2. The quantitative estimate of drug-likeness (QED) is 0.589. The van der Waals surface area contributed by atoms with Crippen LogP contribution in [0.3, 0.4) is 0 Å². The summed E-state index contributed by atoms with van der Waals surface area (Å²) in [6.07, 6.45) is 0. The van der Waals surface area contributed by atoms with Crippen molar-refractivity contribution in [2.75, 3.05) is 6.54 Å². The Hall–Kier alpha value is -2.09. The van der Waals surface area contributed by atoms with Crippen molar-refractivity contribution in [2.24, 2.45) is 0 Å². The largest absolute Gasteiger partial charge is 0.354 e. The van der Waals surface area contributed by atoms with Crippen LogP contribution in [0.25, 0.3) is 0 Å². The minimum absolute atomic E-state index is 0.0499. The van der Waals surface area contributed by atoms with E-state index in [0.29, 0.717) is 22.5 Å². The van der Waals surface area contributed by atoms with Crippen LogP contribution in [-0.4, -0.2) is 23.2 Å². The number of amides is 1. The number of H-pyrrole nitrogens is 1. The van der Waals surface area contributed by atoms with Crippen LogP contribution in [0.4, 0.5) is 0 Å². The lowest BCUT2D eigenvalue weighted by molar-refractivity contribution is 0.0953. The number of nitrogens with zero attached hydrogens (tertiary/aromatic N) is 1. The molecule has 0 unspecified atom stereocenters. The Morgan fingerprint density at radius 3 is 2.50 bits per heavy atom. The van der Waals surface area contributed by atoms with Gasteiger partial charge in [0.15, 0.2) is 5.78 Å². The van der Waals surface area contributed by atoms with Gasteiger partial charge in [-0.1, -0.05) is 0 Å². The molecule has 0 radical (unpaired) electrons. The zero-order chi connectivity index (χ0) is 12.3. The number of carbonyl (C=O) groups excluding carboxylic acids is 2. The molecule has 0 atom stereocenters. The molecule has 5 nitrogen and oxygen atoms in total. The van der Waals surface area contributed by atoms with E-state index in [9.17, 15) is 9.59 Å². The molecule has 0 aromatic carbocycles. The van der Waals surface area contributed by atoms with Crippen LogP contribution >= 0.6 is 0 Å². The summed E-state index contributed by atoms with van der Waals surface area (Å²) < 4.78 is 0. The van der Waals surface area contributed by atoms with Crippen LogP contribution in [0, 0.1) is 25.2 Å². The van der Waals surface area contributed by atoms with Crippen molar-refractivity contribution in [3.8, 4) is 6.07 Å². The summed E-state index contributed by atoms with van der Waals surface area (Å²) >= 11 is 0. The maximum Gasteiger partial charge on any atom is 0.268 e. The third-order valence-electron chi connectivity index (χ3n) is 2.34. The Morgan fingerprint density at radius 2 is 2.06 bits per heavy atom. The van der Waals surface area contributed by atoms with Crippen molar-refractivity contribution >= 4 is 11.7 Å². The summed E-state index contributed by atoms with van der Waals surface area (Å²) in [5.74, 6) is -0.444. The van der Waals surface area contributed by atoms with E-state index in [2.05, 4.69) is 10.3 Å². The molecule has 2 N–H and O–H groups in total. The Morgan fingerprint density at radius 1 is 1.44 bits per heavy atom. The summed E-state index contributed by atoms with van der Waals surface area (Å²) in [4.78, 5) is 25.8. The van der Waals surface area contributed by atoms with Crippen LogP contribution < -0.4 is 5.32 Å². The van der Waals surface area contributed by atoms with Gasteiger partial charge in [0.2, 0.25) is 0 Å². The van der Waals surface area contributed by atoms with Gasteiger partial charge in [-0.25, -0.2) is 0 Å². The molecular formula is C11H13N3O2. The average Bonchev–Trinajstić information content (AvgIpc) is 2.50. The second-order valence-corrected chi connectivity index (χ2v) is 3.52. The van der Waals surface area contributed by atoms with Crippen molar-refractivity contribution in [1.82, 2.24) is 10.3 Å². The molecule has 0 aliphatic heterocycles. The van der Waals surface area contributed by atoms with Gasteiger partial charge < -0.3 is 10.3 Å². The van der Waals surface area contributed by atoms with Crippen molar-refractivity contribution in [3.05, 3.63) is 22.5 Å². The number of aromatic amines is 1. The molecule has 16 heavy (non-hydrogen) atoms. The molecular weight excluding hydrogens is 206 g/mol. The number of hydrogen-bond acceptors (Lipinski definition) is 3. The number of rotatable bonds is 3. The van der Waals surface area contributed by atoms with Gasteiger partial charge in [0.25, 0.3) is 5.91 Å². The van der Waals surface area contributed by atoms with E-state index in [-0.39, 0.29) is 18.2 Å². The molecule has 0 fully saturated rings. The average molecular weight is 219 g/mol. The number of hydrogen-bond donors (Lipinski definition) is 2. The third-order valence-corrected chi connectivity index (χ3v) is 2.34. The molecule has 1 amide bonds. The van der Waals surface area contributed by atoms with Gasteiger partial charge >= 0.3 is 0 Å². The van der Waals surface area contributed by atoms with Crippen molar-refractivity contribution < 1.29 is 9.59 Å². The first-order valence-electron chi connectivity index (χ1n) is 4.84. The van der Waals surface area contributed by atoms with Crippen LogP contribution in [0.15, 0.2) is 0 Å². The first kappa shape index (κ1) is 12.0. The van der Waals surface area contributed by atoms with E-state index >= 15 is 0 Å². The van der Waals surface area contributed by atoms with Gasteiger partial charge in [-0.05, 0) is 26.3 Å². The normalized spacial score (nSPS) is 9.62. The van der Waals surface area contributed by atoms with Gasteiger partial charge in [0.1, 0.15) is 12.2 Å². The van der Waals surface area contributed by atoms with Crippen LogP contribution in [0.1, 0.15) is 39.0 Å². The number of aryl methyl sites for hydroxylation is 1. The molecule has 0 bridgehead atoms. The molecule has 0 aliphatic carbocycles. The molecule has 1 aromatic rings. The molecule has 84 valence electrons. The topological polar surface area (TPSA) is 85.8 Å². The Bertz CT molecular complexity index is 480. The zero-order valence-electron chi connectivity index (χ0n) is 9.47. The van der Waals surface area contributed by atoms with Crippen molar-refractivity contribution in [1.29, 1.82) is 5.26 Å². The highest BCUT2D eigenvalue weighted by Gasteiger charge is 2.19. The first-order chi connectivity index (χ1) is 7.49. The summed E-state index contributed by atoms with van der Waals surface area (Å²) in [6, 6.07) is 1.82. The SMILES string of the molecule is CC(=O)c1c(C)[nH]c(C(=O)NCC#N)c1C. The summed E-state index contributed by atoms with van der Waals surface area (Å²) in [6.45, 7) is 4.86. The maximum atomic E-state index is 11.6. The minimum Gasteiger partial charge on any atom is -0.354 e. The lowest BCUT2D eigenvalue weighted by Crippen LogP contribution is -2.24. The van der Waals surface area contributed by atoms with Crippen molar-refractivity contribution in [3.63, 3.8) is 0 Å². The van der Waals surface area contributed by atoms with Gasteiger partial charge in [0, 0.05) is 11.3 Å². The van der Waals surface area contributed by atoms with Crippen LogP contribution in [0.5, 0.6) is 0 Å². The van der Waals surface area contributed by atoms with Crippen LogP contribution in [0.2, 0.25) is 0 Å². The van der Waals surface area contributed by atoms with Crippen molar-refractivity contribution in [2.45, 2.75) is 20.8 Å². The highest BCUT2D eigenvalue weighted by molar-refractivity contribution is 6.02. The van der Waals surface area contributed by atoms with E-state index < -0.39 is 0 Å². The van der Waals surface area contributed by atoms with Gasteiger partial charge in [0.05, 0.1) is 6.07 Å². The molecule has 1 rings (SSSR count). The minimum atomic E-state index is -0.366. The molecule has 5 heteroatoms. The number of ketones is 1. The first-order valence-corrected chi connectivity index (χ1v) is 4.84. The van der Waals surface area contributed by atoms with E-state index in [1.54, 1.807) is 13.8 Å². The number of nitriles is 1. The Kier molecular flexibility index (Phi) is 3.46. The Balaban J connectivity index is 3.08. The highest BCUT2D eigenvalue weighted by atomic mass is 16.2. The van der Waals surface area contributed by atoms with Crippen LogP contribution in [-0.2, 0) is 0 Å². The molecule has 0 spiro atoms. The van der Waals surface area contributed by atoms with E-state index in [0.717, 1.165) is 0 Å². The predicted molar refractivity (Wildman–Crippen MR) is 58.2 cm³/mol. The summed E-state index contributed by atoms with van der Waals surface area (Å²) in [5, 5.41) is 10.8. The standard InChI is InChI=1S/C11H13N3O2/c1-6-9(8(3)15)7(2)14-10(6)11(16)13-5-4-12/h14H,5H2,1-3H3,(H,13,16). The second kappa shape index (κ2) is 4.62. The Labute approximate surface area is 93.5 Å². The third kappa shape index (κ3) is 2.11. The fourth-order valence-corrected chi connectivity index (χ4v) is 1.71. The van der Waals surface area contributed by atoms with E-state index in [4.69, 9.17) is 5.26 Å². The fraction of sp³-hybridized carbons (Fsp3) is 0.364. The molecule has 0 saturated carbocycles. The predicted octanol–water partition coefficient (Wildman–Crippen LogP) is 1.09. The van der Waals surface area contributed by atoms with Gasteiger partial charge in [-0.15, -0.1) is 0 Å². The van der Waals surface area contributed by atoms with Gasteiger partial charge in [-0.3, -0.25) is 9.59 Å². The molecule has 0 saturated heterocycles. The summed E-state index contributed by atoms with van der Waals surface area (Å²) in [7, 11) is 0. The van der Waals surface area contributed by atoms with E-state index in [1.165, 1.54) is 6.92 Å². The molecule has 0 aliphatic rings. The van der Waals surface area contributed by atoms with E-state index in [1.807, 2.05) is 6.07 Å². The number of nitrogens with one attached hydrogen (secondary N) is 2. The number of aromatic nitrogens is 1. The maximum absolute atomic E-state index is 11.6. The second-order valence-electron chi connectivity index (χ2n) is 3.52. The smallest absolute Gasteiger partial charge is 0.268 e. The molecule has 1 aromatic heterocycles. The zero-order valence-corrected chi connectivity index (χ0v) is 9.47. The lowest BCUT2D eigenvalue weighted by atomic mass is 10.1. The molecule has 1 heterocycles. The van der Waals surface area contributed by atoms with Gasteiger partial charge in [-0.2, -0.15) is 5.26 Å². The number of Topliss-reactive ketones (excluding diaryl/α,β-unsaturated/α-hetero) is 1.